The fourth-order valence-electron chi connectivity index (χ4n) is 2.20. The summed E-state index contributed by atoms with van der Waals surface area (Å²) >= 11 is 0. The molecule has 0 N–H and O–H groups in total. The molecule has 0 saturated heterocycles. The predicted octanol–water partition coefficient (Wildman–Crippen LogP) is 3.67. The first-order valence-corrected chi connectivity index (χ1v) is 11.0. The number of hydrogen-bond donors (Lipinski definition) is 0. The Morgan fingerprint density at radius 3 is 1.82 bits per heavy atom. The van der Waals surface area contributed by atoms with E-state index >= 15 is 0 Å². The van der Waals surface area contributed by atoms with E-state index in [1.54, 1.807) is 0 Å². The molecular weight excluding hydrogens is 300 g/mol. The predicted molar refractivity (Wildman–Crippen MR) is 89.2 cm³/mol. The van der Waals surface area contributed by atoms with Gasteiger partial charge in [-0.1, -0.05) is 34.6 Å². The molecule has 0 aliphatic rings. The fraction of sp³-hybridized carbons (Fsp3) is 0.875. The lowest BCUT2D eigenvalue weighted by Crippen LogP contribution is -2.44. The van der Waals surface area contributed by atoms with Crippen molar-refractivity contribution in [1.82, 2.24) is 0 Å². The Balaban J connectivity index is 4.91. The van der Waals surface area contributed by atoms with E-state index in [9.17, 15) is 9.59 Å². The second kappa shape index (κ2) is 11.7. The van der Waals surface area contributed by atoms with Gasteiger partial charge in [-0.2, -0.15) is 0 Å². The molecule has 0 amide bonds. The van der Waals surface area contributed by atoms with Crippen molar-refractivity contribution in [3.05, 3.63) is 0 Å². The van der Waals surface area contributed by atoms with Crippen molar-refractivity contribution >= 4 is 20.3 Å². The summed E-state index contributed by atoms with van der Waals surface area (Å²) in [5, 5.41) is 0. The Kier molecular flexibility index (Phi) is 11.2. The van der Waals surface area contributed by atoms with E-state index in [2.05, 4.69) is 20.8 Å². The van der Waals surface area contributed by atoms with Crippen LogP contribution >= 0.6 is 0 Å². The zero-order chi connectivity index (χ0) is 17.0. The Morgan fingerprint density at radius 2 is 1.36 bits per heavy atom. The van der Waals surface area contributed by atoms with Crippen molar-refractivity contribution in [2.75, 3.05) is 13.2 Å². The highest BCUT2D eigenvalue weighted by molar-refractivity contribution is 6.73. The van der Waals surface area contributed by atoms with Gasteiger partial charge >= 0.3 is 11.9 Å². The van der Waals surface area contributed by atoms with Crippen molar-refractivity contribution in [3.8, 4) is 0 Å². The van der Waals surface area contributed by atoms with E-state index in [-0.39, 0.29) is 6.42 Å². The van der Waals surface area contributed by atoms with Gasteiger partial charge in [-0.15, -0.1) is 0 Å². The van der Waals surface area contributed by atoms with Crippen molar-refractivity contribution in [3.63, 3.8) is 0 Å². The molecule has 0 aliphatic carbocycles. The number of ether oxygens (including phenoxy) is 2. The van der Waals surface area contributed by atoms with E-state index < -0.39 is 26.4 Å². The van der Waals surface area contributed by atoms with Crippen LogP contribution in [0, 0.1) is 0 Å². The molecule has 0 aliphatic heterocycles. The van der Waals surface area contributed by atoms with Crippen LogP contribution in [0.15, 0.2) is 0 Å². The van der Waals surface area contributed by atoms with E-state index in [1.165, 1.54) is 0 Å². The normalized spacial score (nSPS) is 12.8. The summed E-state index contributed by atoms with van der Waals surface area (Å²) in [6.45, 7) is 10.8. The number of rotatable bonds is 12. The molecular formula is C16H32O5Si. The van der Waals surface area contributed by atoms with Gasteiger partial charge in [-0.3, -0.25) is 4.79 Å². The van der Waals surface area contributed by atoms with E-state index in [0.29, 0.717) is 13.2 Å². The minimum absolute atomic E-state index is 0.0582. The lowest BCUT2D eigenvalue weighted by atomic mass is 10.2. The molecule has 0 radical (unpaired) electrons. The molecule has 5 nitrogen and oxygen atoms in total. The Hall–Kier alpha value is -0.883. The van der Waals surface area contributed by atoms with Crippen LogP contribution in [0.1, 0.15) is 53.9 Å². The SMILES string of the molecule is CCCOC(=O)CC(O[Si](CC)(CC)CC)C(=O)OCCC. The maximum absolute atomic E-state index is 12.2. The zero-order valence-corrected chi connectivity index (χ0v) is 15.8. The summed E-state index contributed by atoms with van der Waals surface area (Å²) in [5.74, 6) is -0.839. The third-order valence-electron chi connectivity index (χ3n) is 3.86. The summed E-state index contributed by atoms with van der Waals surface area (Å²) in [5.41, 5.74) is 0. The number of esters is 2. The molecule has 0 aromatic rings. The smallest absolute Gasteiger partial charge is 0.334 e. The second-order valence-electron chi connectivity index (χ2n) is 5.44. The molecule has 0 rings (SSSR count). The molecule has 22 heavy (non-hydrogen) atoms. The lowest BCUT2D eigenvalue weighted by Gasteiger charge is -2.31. The molecule has 0 bridgehead atoms. The Morgan fingerprint density at radius 1 is 0.864 bits per heavy atom. The Labute approximate surface area is 135 Å². The highest BCUT2D eigenvalue weighted by Gasteiger charge is 2.36. The van der Waals surface area contributed by atoms with Gasteiger partial charge in [0.25, 0.3) is 0 Å². The van der Waals surface area contributed by atoms with Crippen molar-refractivity contribution in [2.45, 2.75) is 78.1 Å². The molecule has 0 aromatic carbocycles. The van der Waals surface area contributed by atoms with Gasteiger partial charge in [0.2, 0.25) is 0 Å². The summed E-state index contributed by atoms with van der Waals surface area (Å²) in [6, 6.07) is 2.75. The van der Waals surface area contributed by atoms with Crippen LogP contribution in [0.5, 0.6) is 0 Å². The van der Waals surface area contributed by atoms with Gasteiger partial charge in [-0.25, -0.2) is 4.79 Å². The molecule has 0 saturated carbocycles. The summed E-state index contributed by atoms with van der Waals surface area (Å²) in [6.07, 6.45) is 0.616. The quantitative estimate of drug-likeness (QED) is 0.403. The molecule has 0 fully saturated rings. The Bertz CT molecular complexity index is 320. The number of carbonyl (C=O) groups is 2. The van der Waals surface area contributed by atoms with E-state index in [0.717, 1.165) is 31.0 Å². The van der Waals surface area contributed by atoms with E-state index in [4.69, 9.17) is 13.9 Å². The maximum atomic E-state index is 12.2. The summed E-state index contributed by atoms with van der Waals surface area (Å²) in [4.78, 5) is 24.1. The van der Waals surface area contributed by atoms with Gasteiger partial charge in [0.1, 0.15) is 0 Å². The number of hydrogen-bond acceptors (Lipinski definition) is 5. The standard InChI is InChI=1S/C16H32O5Si/c1-6-11-19-15(17)13-14(16(18)20-12-7-2)21-22(8-3,9-4)10-5/h14H,6-13H2,1-5H3. The van der Waals surface area contributed by atoms with Gasteiger partial charge in [0.15, 0.2) is 14.4 Å². The van der Waals surface area contributed by atoms with Gasteiger partial charge < -0.3 is 13.9 Å². The number of carbonyl (C=O) groups excluding carboxylic acids is 2. The third-order valence-corrected chi connectivity index (χ3v) is 8.51. The lowest BCUT2D eigenvalue weighted by molar-refractivity contribution is -0.159. The van der Waals surface area contributed by atoms with Crippen LogP contribution in [0.4, 0.5) is 0 Å². The van der Waals surface area contributed by atoms with Gasteiger partial charge in [0.05, 0.1) is 19.6 Å². The van der Waals surface area contributed by atoms with Crippen LogP contribution in [0.3, 0.4) is 0 Å². The highest BCUT2D eigenvalue weighted by atomic mass is 28.4. The van der Waals surface area contributed by atoms with Crippen molar-refractivity contribution in [2.24, 2.45) is 0 Å². The van der Waals surface area contributed by atoms with E-state index in [1.807, 2.05) is 13.8 Å². The molecule has 1 atom stereocenters. The molecule has 0 heterocycles. The first-order chi connectivity index (χ1) is 10.5. The van der Waals surface area contributed by atoms with Crippen LogP contribution in [0.25, 0.3) is 0 Å². The molecule has 130 valence electrons. The average molecular weight is 333 g/mol. The van der Waals surface area contributed by atoms with Crippen LogP contribution < -0.4 is 0 Å². The van der Waals surface area contributed by atoms with Crippen molar-refractivity contribution in [1.29, 1.82) is 0 Å². The van der Waals surface area contributed by atoms with Gasteiger partial charge in [-0.05, 0) is 31.0 Å². The van der Waals surface area contributed by atoms with Gasteiger partial charge in [0, 0.05) is 0 Å². The summed E-state index contributed by atoms with van der Waals surface area (Å²) in [7, 11) is -1.99. The van der Waals surface area contributed by atoms with Crippen LogP contribution in [-0.4, -0.2) is 39.6 Å². The molecule has 6 heteroatoms. The monoisotopic (exact) mass is 332 g/mol. The van der Waals surface area contributed by atoms with Crippen LogP contribution in [-0.2, 0) is 23.5 Å². The highest BCUT2D eigenvalue weighted by Crippen LogP contribution is 2.25. The summed E-state index contributed by atoms with van der Waals surface area (Å²) < 4.78 is 16.4. The first-order valence-electron chi connectivity index (χ1n) is 8.48. The maximum Gasteiger partial charge on any atom is 0.334 e. The second-order valence-corrected chi connectivity index (χ2v) is 10.2. The zero-order valence-electron chi connectivity index (χ0n) is 14.8. The fourth-order valence-corrected chi connectivity index (χ4v) is 4.98. The minimum atomic E-state index is -1.99. The molecule has 0 spiro atoms. The first kappa shape index (κ1) is 21.1. The topological polar surface area (TPSA) is 61.8 Å². The minimum Gasteiger partial charge on any atom is -0.466 e. The average Bonchev–Trinajstić information content (AvgIpc) is 2.54. The largest absolute Gasteiger partial charge is 0.466 e. The molecule has 0 aromatic heterocycles. The van der Waals surface area contributed by atoms with Crippen molar-refractivity contribution < 1.29 is 23.5 Å². The third kappa shape index (κ3) is 7.40. The molecule has 1 unspecified atom stereocenters. The van der Waals surface area contributed by atoms with Crippen LogP contribution in [0.2, 0.25) is 18.1 Å².